The summed E-state index contributed by atoms with van der Waals surface area (Å²) in [4.78, 5) is 2.41. The van der Waals surface area contributed by atoms with Crippen LogP contribution in [0.4, 0.5) is 0 Å². The van der Waals surface area contributed by atoms with E-state index in [1.165, 1.54) is 5.56 Å². The molecule has 1 atom stereocenters. The summed E-state index contributed by atoms with van der Waals surface area (Å²) in [5, 5.41) is 9.38. The molecule has 2 nitrogen and oxygen atoms in total. The Morgan fingerprint density at radius 2 is 2.07 bits per heavy atom. The van der Waals surface area contributed by atoms with Crippen molar-refractivity contribution in [3.05, 3.63) is 29.8 Å². The number of hydrogen-bond donors (Lipinski definition) is 1. The van der Waals surface area contributed by atoms with E-state index in [1.54, 1.807) is 6.07 Å². The maximum absolute atomic E-state index is 9.38. The molecule has 1 aromatic carbocycles. The molecule has 0 radical (unpaired) electrons. The third kappa shape index (κ3) is 3.56. The summed E-state index contributed by atoms with van der Waals surface area (Å²) in [7, 11) is 0. The first-order valence-electron chi connectivity index (χ1n) is 5.69. The summed E-state index contributed by atoms with van der Waals surface area (Å²) in [6.07, 6.45) is 1.16. The lowest BCUT2D eigenvalue weighted by Crippen LogP contribution is -2.31. The van der Waals surface area contributed by atoms with Gasteiger partial charge in [0.05, 0.1) is 0 Å². The van der Waals surface area contributed by atoms with Gasteiger partial charge in [-0.05, 0) is 37.6 Å². The first kappa shape index (κ1) is 12.1. The number of benzene rings is 1. The number of phenols is 1. The number of phenolic OH excluding ortho intramolecular Hbond substituents is 1. The molecule has 0 heterocycles. The van der Waals surface area contributed by atoms with E-state index in [1.807, 2.05) is 12.1 Å². The van der Waals surface area contributed by atoms with Crippen molar-refractivity contribution in [3.63, 3.8) is 0 Å². The van der Waals surface area contributed by atoms with Crippen molar-refractivity contribution in [1.29, 1.82) is 0 Å². The highest BCUT2D eigenvalue weighted by molar-refractivity contribution is 5.27. The summed E-state index contributed by atoms with van der Waals surface area (Å²) in [5.41, 5.74) is 1.18. The van der Waals surface area contributed by atoms with Crippen LogP contribution in [0.1, 0.15) is 32.8 Å². The molecule has 0 amide bonds. The van der Waals surface area contributed by atoms with Crippen LogP contribution in [0.3, 0.4) is 0 Å². The zero-order valence-corrected chi connectivity index (χ0v) is 9.90. The smallest absolute Gasteiger partial charge is 0.115 e. The summed E-state index contributed by atoms with van der Waals surface area (Å²) in [6.45, 7) is 8.58. The molecule has 15 heavy (non-hydrogen) atoms. The summed E-state index contributed by atoms with van der Waals surface area (Å²) in [5.74, 6) is 0.354. The lowest BCUT2D eigenvalue weighted by Gasteiger charge is -2.26. The van der Waals surface area contributed by atoms with Gasteiger partial charge in [-0.25, -0.2) is 0 Å². The van der Waals surface area contributed by atoms with E-state index in [2.05, 4.69) is 31.7 Å². The van der Waals surface area contributed by atoms with Crippen molar-refractivity contribution < 1.29 is 5.11 Å². The molecular weight excluding hydrogens is 186 g/mol. The average Bonchev–Trinajstić information content (AvgIpc) is 2.25. The standard InChI is InChI=1S/C13H21NO/c1-4-11(3)14(5-2)10-12-7-6-8-13(15)9-12/h6-9,11,15H,4-5,10H2,1-3H3. The van der Waals surface area contributed by atoms with E-state index in [0.29, 0.717) is 11.8 Å². The van der Waals surface area contributed by atoms with Crippen LogP contribution in [-0.2, 0) is 6.54 Å². The second-order valence-corrected chi connectivity index (χ2v) is 3.99. The average molecular weight is 207 g/mol. The summed E-state index contributed by atoms with van der Waals surface area (Å²) in [6, 6.07) is 8.10. The second-order valence-electron chi connectivity index (χ2n) is 3.99. The van der Waals surface area contributed by atoms with Crippen molar-refractivity contribution in [2.45, 2.75) is 39.8 Å². The monoisotopic (exact) mass is 207 g/mol. The van der Waals surface area contributed by atoms with Gasteiger partial charge >= 0.3 is 0 Å². The van der Waals surface area contributed by atoms with Gasteiger partial charge in [0.25, 0.3) is 0 Å². The van der Waals surface area contributed by atoms with Crippen LogP contribution in [0.2, 0.25) is 0 Å². The molecular formula is C13H21NO. The topological polar surface area (TPSA) is 23.5 Å². The number of rotatable bonds is 5. The Morgan fingerprint density at radius 1 is 1.33 bits per heavy atom. The molecule has 1 aromatic rings. The van der Waals surface area contributed by atoms with Crippen LogP contribution in [0.25, 0.3) is 0 Å². The van der Waals surface area contributed by atoms with Gasteiger partial charge < -0.3 is 5.11 Å². The van der Waals surface area contributed by atoms with E-state index in [-0.39, 0.29) is 0 Å². The highest BCUT2D eigenvalue weighted by atomic mass is 16.3. The van der Waals surface area contributed by atoms with Crippen LogP contribution in [0.5, 0.6) is 5.75 Å². The predicted octanol–water partition coefficient (Wildman–Crippen LogP) is 3.01. The van der Waals surface area contributed by atoms with Crippen molar-refractivity contribution in [3.8, 4) is 5.75 Å². The third-order valence-corrected chi connectivity index (χ3v) is 2.92. The molecule has 2 heteroatoms. The van der Waals surface area contributed by atoms with Gasteiger partial charge in [-0.2, -0.15) is 0 Å². The second kappa shape index (κ2) is 5.76. The van der Waals surface area contributed by atoms with Crippen molar-refractivity contribution in [2.75, 3.05) is 6.54 Å². The first-order valence-corrected chi connectivity index (χ1v) is 5.69. The molecule has 1 rings (SSSR count). The number of hydrogen-bond acceptors (Lipinski definition) is 2. The Hall–Kier alpha value is -1.02. The fourth-order valence-electron chi connectivity index (χ4n) is 1.73. The molecule has 0 aliphatic rings. The van der Waals surface area contributed by atoms with E-state index >= 15 is 0 Å². The lowest BCUT2D eigenvalue weighted by molar-refractivity contribution is 0.206. The van der Waals surface area contributed by atoms with E-state index in [4.69, 9.17) is 0 Å². The Labute approximate surface area is 92.5 Å². The van der Waals surface area contributed by atoms with Crippen LogP contribution in [0, 0.1) is 0 Å². The zero-order valence-electron chi connectivity index (χ0n) is 9.90. The maximum Gasteiger partial charge on any atom is 0.115 e. The minimum absolute atomic E-state index is 0.354. The fourth-order valence-corrected chi connectivity index (χ4v) is 1.73. The van der Waals surface area contributed by atoms with Gasteiger partial charge in [-0.15, -0.1) is 0 Å². The quantitative estimate of drug-likeness (QED) is 0.802. The van der Waals surface area contributed by atoms with E-state index < -0.39 is 0 Å². The highest BCUT2D eigenvalue weighted by Crippen LogP contribution is 2.15. The van der Waals surface area contributed by atoms with Crippen LogP contribution in [-0.4, -0.2) is 22.6 Å². The lowest BCUT2D eigenvalue weighted by atomic mass is 10.1. The van der Waals surface area contributed by atoms with Gasteiger partial charge in [0.15, 0.2) is 0 Å². The molecule has 0 spiro atoms. The van der Waals surface area contributed by atoms with Crippen LogP contribution < -0.4 is 0 Å². The van der Waals surface area contributed by atoms with Crippen molar-refractivity contribution in [1.82, 2.24) is 4.90 Å². The molecule has 0 aromatic heterocycles. The largest absolute Gasteiger partial charge is 0.508 e. The zero-order chi connectivity index (χ0) is 11.3. The molecule has 84 valence electrons. The Balaban J connectivity index is 2.66. The number of aromatic hydroxyl groups is 1. The Kier molecular flexibility index (Phi) is 4.63. The fraction of sp³-hybridized carbons (Fsp3) is 0.538. The van der Waals surface area contributed by atoms with Crippen molar-refractivity contribution >= 4 is 0 Å². The Morgan fingerprint density at radius 3 is 2.60 bits per heavy atom. The third-order valence-electron chi connectivity index (χ3n) is 2.92. The van der Waals surface area contributed by atoms with Gasteiger partial charge in [0.1, 0.15) is 5.75 Å². The molecule has 0 saturated carbocycles. The minimum Gasteiger partial charge on any atom is -0.508 e. The molecule has 0 aliphatic heterocycles. The number of nitrogens with zero attached hydrogens (tertiary/aromatic N) is 1. The highest BCUT2D eigenvalue weighted by Gasteiger charge is 2.10. The van der Waals surface area contributed by atoms with Gasteiger partial charge in [-0.1, -0.05) is 26.0 Å². The maximum atomic E-state index is 9.38. The predicted molar refractivity (Wildman–Crippen MR) is 63.9 cm³/mol. The normalized spacial score (nSPS) is 13.1. The molecule has 0 bridgehead atoms. The van der Waals surface area contributed by atoms with E-state index in [9.17, 15) is 5.11 Å². The Bertz CT molecular complexity index is 298. The molecule has 1 unspecified atom stereocenters. The summed E-state index contributed by atoms with van der Waals surface area (Å²) >= 11 is 0. The molecule has 1 N–H and O–H groups in total. The van der Waals surface area contributed by atoms with Gasteiger partial charge in [0.2, 0.25) is 0 Å². The van der Waals surface area contributed by atoms with Gasteiger partial charge in [0, 0.05) is 12.6 Å². The summed E-state index contributed by atoms with van der Waals surface area (Å²) < 4.78 is 0. The first-order chi connectivity index (χ1) is 7.17. The van der Waals surface area contributed by atoms with Gasteiger partial charge in [-0.3, -0.25) is 4.90 Å². The molecule has 0 fully saturated rings. The van der Waals surface area contributed by atoms with E-state index in [0.717, 1.165) is 19.5 Å². The minimum atomic E-state index is 0.354. The SMILES string of the molecule is CCC(C)N(CC)Cc1cccc(O)c1. The van der Waals surface area contributed by atoms with Crippen LogP contribution in [0.15, 0.2) is 24.3 Å². The molecule has 0 aliphatic carbocycles. The van der Waals surface area contributed by atoms with Crippen LogP contribution >= 0.6 is 0 Å². The molecule has 0 saturated heterocycles. The van der Waals surface area contributed by atoms with Crippen molar-refractivity contribution in [2.24, 2.45) is 0 Å².